The molecule has 0 spiro atoms. The number of carbonyl (C=O) groups is 1. The monoisotopic (exact) mass is 468 g/mol. The van der Waals surface area contributed by atoms with Crippen molar-refractivity contribution in [2.45, 2.75) is 6.54 Å². The van der Waals surface area contributed by atoms with Gasteiger partial charge >= 0.3 is 0 Å². The molecule has 0 aliphatic carbocycles. The number of carbonyl (C=O) groups excluding carboxylic acids is 1. The third kappa shape index (κ3) is 4.84. The Morgan fingerprint density at radius 1 is 0.943 bits per heavy atom. The van der Waals surface area contributed by atoms with E-state index in [1.165, 1.54) is 0 Å². The number of phenols is 1. The van der Waals surface area contributed by atoms with Crippen molar-refractivity contribution in [3.05, 3.63) is 96.2 Å². The van der Waals surface area contributed by atoms with Crippen LogP contribution < -0.4 is 9.64 Å². The van der Waals surface area contributed by atoms with Crippen molar-refractivity contribution in [2.24, 2.45) is 0 Å². The van der Waals surface area contributed by atoms with Crippen molar-refractivity contribution in [1.82, 2.24) is 14.7 Å². The minimum absolute atomic E-state index is 0.0425. The topological polar surface area (TPSA) is 70.8 Å². The molecule has 1 aromatic heterocycles. The van der Waals surface area contributed by atoms with Gasteiger partial charge in [-0.2, -0.15) is 5.10 Å². The van der Waals surface area contributed by atoms with Crippen LogP contribution in [0.4, 0.5) is 5.69 Å². The van der Waals surface area contributed by atoms with Gasteiger partial charge in [0.25, 0.3) is 5.91 Å². The highest BCUT2D eigenvalue weighted by molar-refractivity contribution is 6.00. The second-order valence-corrected chi connectivity index (χ2v) is 8.57. The van der Waals surface area contributed by atoms with Gasteiger partial charge in [-0.25, -0.2) is 0 Å². The first-order chi connectivity index (χ1) is 17.1. The molecule has 1 N–H and O–H groups in total. The average molecular weight is 469 g/mol. The van der Waals surface area contributed by atoms with E-state index < -0.39 is 0 Å². The number of methoxy groups -OCH3 is 1. The van der Waals surface area contributed by atoms with E-state index in [-0.39, 0.29) is 11.7 Å². The Labute approximate surface area is 204 Å². The van der Waals surface area contributed by atoms with Crippen LogP contribution in [0.5, 0.6) is 11.5 Å². The van der Waals surface area contributed by atoms with E-state index >= 15 is 0 Å². The molecule has 1 amide bonds. The maximum Gasteiger partial charge on any atom is 0.257 e. The molecule has 0 bridgehead atoms. The van der Waals surface area contributed by atoms with Crippen molar-refractivity contribution < 1.29 is 14.6 Å². The Kier molecular flexibility index (Phi) is 6.39. The number of ether oxygens (including phenoxy) is 1. The Balaban J connectivity index is 1.41. The zero-order valence-corrected chi connectivity index (χ0v) is 19.7. The highest BCUT2D eigenvalue weighted by Gasteiger charge is 2.27. The second kappa shape index (κ2) is 9.93. The summed E-state index contributed by atoms with van der Waals surface area (Å²) in [5.74, 6) is 0.934. The number of rotatable bonds is 6. The Morgan fingerprint density at radius 2 is 1.69 bits per heavy atom. The zero-order chi connectivity index (χ0) is 24.2. The number of aromatic nitrogens is 2. The molecule has 2 heterocycles. The Hall–Kier alpha value is -4.26. The summed E-state index contributed by atoms with van der Waals surface area (Å²) in [6.45, 7) is 3.00. The van der Waals surface area contributed by atoms with Gasteiger partial charge in [0, 0.05) is 37.9 Å². The summed E-state index contributed by atoms with van der Waals surface area (Å²) in [4.78, 5) is 17.7. The molecule has 3 aromatic carbocycles. The van der Waals surface area contributed by atoms with Crippen LogP contribution in [0, 0.1) is 0 Å². The molecule has 0 unspecified atom stereocenters. The zero-order valence-electron chi connectivity index (χ0n) is 19.7. The normalized spacial score (nSPS) is 13.6. The highest BCUT2D eigenvalue weighted by Crippen LogP contribution is 2.29. The van der Waals surface area contributed by atoms with Gasteiger partial charge in [0.1, 0.15) is 17.2 Å². The van der Waals surface area contributed by atoms with Crippen molar-refractivity contribution in [2.75, 3.05) is 38.2 Å². The van der Waals surface area contributed by atoms with E-state index in [1.54, 1.807) is 13.2 Å². The molecule has 7 heteroatoms. The van der Waals surface area contributed by atoms with E-state index in [4.69, 9.17) is 9.84 Å². The SMILES string of the molecule is COc1cccc(-c2nn(Cc3ccccc3)cc2C(=O)N2CCN(c3ccccc3O)CC2)c1. The number of aromatic hydroxyl groups is 1. The van der Waals surface area contributed by atoms with E-state index in [0.29, 0.717) is 44.0 Å². The van der Waals surface area contributed by atoms with Gasteiger partial charge in [-0.15, -0.1) is 0 Å². The number of hydrogen-bond donors (Lipinski definition) is 1. The number of para-hydroxylation sites is 2. The molecule has 1 fully saturated rings. The summed E-state index contributed by atoms with van der Waals surface area (Å²) in [6, 6.07) is 25.0. The molecule has 0 radical (unpaired) electrons. The van der Waals surface area contributed by atoms with Crippen molar-refractivity contribution in [3.63, 3.8) is 0 Å². The van der Waals surface area contributed by atoms with Crippen molar-refractivity contribution in [3.8, 4) is 22.8 Å². The number of amides is 1. The van der Waals surface area contributed by atoms with Gasteiger partial charge in [-0.3, -0.25) is 9.48 Å². The van der Waals surface area contributed by atoms with Gasteiger partial charge in [-0.1, -0.05) is 54.6 Å². The lowest BCUT2D eigenvalue weighted by Crippen LogP contribution is -2.48. The van der Waals surface area contributed by atoms with E-state index in [1.807, 2.05) is 88.6 Å². The number of piperazine rings is 1. The summed E-state index contributed by atoms with van der Waals surface area (Å²) < 4.78 is 7.23. The molecular weight excluding hydrogens is 440 g/mol. The summed E-state index contributed by atoms with van der Waals surface area (Å²) in [7, 11) is 1.63. The third-order valence-electron chi connectivity index (χ3n) is 6.31. The van der Waals surface area contributed by atoms with Crippen LogP contribution in [-0.2, 0) is 6.54 Å². The molecule has 178 valence electrons. The van der Waals surface area contributed by atoms with Crippen LogP contribution in [0.2, 0.25) is 0 Å². The third-order valence-corrected chi connectivity index (χ3v) is 6.31. The summed E-state index contributed by atoms with van der Waals surface area (Å²) in [5.41, 5.74) is 3.97. The van der Waals surface area contributed by atoms with Gasteiger partial charge in [0.05, 0.1) is 24.9 Å². The first-order valence-electron chi connectivity index (χ1n) is 11.7. The van der Waals surface area contributed by atoms with Crippen LogP contribution in [0.1, 0.15) is 15.9 Å². The van der Waals surface area contributed by atoms with E-state index in [2.05, 4.69) is 4.90 Å². The molecule has 4 aromatic rings. The average Bonchev–Trinajstić information content (AvgIpc) is 3.33. The van der Waals surface area contributed by atoms with E-state index in [9.17, 15) is 9.90 Å². The highest BCUT2D eigenvalue weighted by atomic mass is 16.5. The molecular formula is C28H28N4O3. The smallest absolute Gasteiger partial charge is 0.257 e. The van der Waals surface area contributed by atoms with Gasteiger partial charge in [-0.05, 0) is 29.8 Å². The van der Waals surface area contributed by atoms with Crippen LogP contribution in [0.15, 0.2) is 85.1 Å². The lowest BCUT2D eigenvalue weighted by Gasteiger charge is -2.36. The molecule has 7 nitrogen and oxygen atoms in total. The maximum absolute atomic E-state index is 13.7. The minimum atomic E-state index is -0.0425. The van der Waals surface area contributed by atoms with Crippen LogP contribution in [0.25, 0.3) is 11.3 Å². The van der Waals surface area contributed by atoms with Gasteiger partial charge in [0.2, 0.25) is 0 Å². The largest absolute Gasteiger partial charge is 0.506 e. The van der Waals surface area contributed by atoms with Crippen LogP contribution in [0.3, 0.4) is 0 Å². The summed E-state index contributed by atoms with van der Waals surface area (Å²) >= 11 is 0. The second-order valence-electron chi connectivity index (χ2n) is 8.57. The molecule has 1 saturated heterocycles. The standard InChI is InChI=1S/C28H28N4O3/c1-35-23-11-7-10-22(18-23)27-24(20-32(29-27)19-21-8-3-2-4-9-21)28(34)31-16-14-30(15-17-31)25-12-5-6-13-26(25)33/h2-13,18,20,33H,14-17,19H2,1H3. The predicted molar refractivity (Wildman–Crippen MR) is 136 cm³/mol. The molecule has 5 rings (SSSR count). The number of phenolic OH excluding ortho intramolecular Hbond substituents is 1. The molecule has 0 atom stereocenters. The van der Waals surface area contributed by atoms with Crippen LogP contribution in [-0.4, -0.2) is 59.0 Å². The van der Waals surface area contributed by atoms with Crippen LogP contribution >= 0.6 is 0 Å². The minimum Gasteiger partial charge on any atom is -0.506 e. The number of hydrogen-bond acceptors (Lipinski definition) is 5. The summed E-state index contributed by atoms with van der Waals surface area (Å²) in [6.07, 6.45) is 1.85. The maximum atomic E-state index is 13.7. The Bertz CT molecular complexity index is 1310. The Morgan fingerprint density at radius 3 is 2.43 bits per heavy atom. The quantitative estimate of drug-likeness (QED) is 0.458. The van der Waals surface area contributed by atoms with Crippen molar-refractivity contribution >= 4 is 11.6 Å². The lowest BCUT2D eigenvalue weighted by atomic mass is 10.1. The molecule has 35 heavy (non-hydrogen) atoms. The molecule has 1 aliphatic heterocycles. The van der Waals surface area contributed by atoms with Gasteiger partial charge < -0.3 is 19.6 Å². The molecule has 1 aliphatic rings. The number of nitrogens with zero attached hydrogens (tertiary/aromatic N) is 4. The first kappa shape index (κ1) is 22.5. The fourth-order valence-electron chi connectivity index (χ4n) is 4.47. The fraction of sp³-hybridized carbons (Fsp3) is 0.214. The molecule has 0 saturated carbocycles. The predicted octanol–water partition coefficient (Wildman–Crippen LogP) is 4.28. The first-order valence-corrected chi connectivity index (χ1v) is 11.7. The van der Waals surface area contributed by atoms with Crippen molar-refractivity contribution in [1.29, 1.82) is 0 Å². The van der Waals surface area contributed by atoms with Gasteiger partial charge in [0.15, 0.2) is 0 Å². The van der Waals surface area contributed by atoms with E-state index in [0.717, 1.165) is 22.6 Å². The number of anilines is 1. The summed E-state index contributed by atoms with van der Waals surface area (Å²) in [5, 5.41) is 15.0. The number of benzene rings is 3. The lowest BCUT2D eigenvalue weighted by molar-refractivity contribution is 0.0747. The fourth-order valence-corrected chi connectivity index (χ4v) is 4.47.